The topological polar surface area (TPSA) is 49.4 Å². The third-order valence-corrected chi connectivity index (χ3v) is 6.66. The van der Waals surface area contributed by atoms with Crippen molar-refractivity contribution in [3.05, 3.63) is 106 Å². The number of likely N-dealkylation sites (N-methyl/N-ethyl adjacent to an activating group) is 1. The Hall–Kier alpha value is -2.76. The fourth-order valence-corrected chi connectivity index (χ4v) is 4.89. The second-order valence-electron chi connectivity index (χ2n) is 8.23. The molecule has 0 saturated heterocycles. The molecule has 34 heavy (non-hydrogen) atoms. The van der Waals surface area contributed by atoms with Crippen molar-refractivity contribution in [3.63, 3.8) is 0 Å². The van der Waals surface area contributed by atoms with Crippen LogP contribution in [0.25, 0.3) is 0 Å². The number of rotatable bonds is 11. The van der Waals surface area contributed by atoms with E-state index in [9.17, 15) is 9.59 Å². The molecule has 0 heterocycles. The highest BCUT2D eigenvalue weighted by Crippen LogP contribution is 2.20. The summed E-state index contributed by atoms with van der Waals surface area (Å²) >= 11 is 7.77. The number of carbonyl (C=O) groups excluding carboxylic acids is 2. The average Bonchev–Trinajstić information content (AvgIpc) is 2.82. The molecule has 0 fully saturated rings. The summed E-state index contributed by atoms with van der Waals surface area (Å²) in [5, 5.41) is 3.53. The number of thioether (sulfide) groups is 1. The second-order valence-corrected chi connectivity index (χ2v) is 9.66. The van der Waals surface area contributed by atoms with E-state index in [0.29, 0.717) is 30.3 Å². The molecule has 3 aromatic rings. The summed E-state index contributed by atoms with van der Waals surface area (Å²) in [6.07, 6.45) is 0.446. The van der Waals surface area contributed by atoms with Crippen molar-refractivity contribution >= 4 is 35.2 Å². The number of amides is 2. The minimum absolute atomic E-state index is 0.0650. The Kier molecular flexibility index (Phi) is 10.0. The molecule has 0 spiro atoms. The number of carbonyl (C=O) groups is 2. The molecule has 2 amide bonds. The van der Waals surface area contributed by atoms with Crippen LogP contribution in [0.4, 0.5) is 0 Å². The zero-order chi connectivity index (χ0) is 24.3. The van der Waals surface area contributed by atoms with Crippen LogP contribution in [0.2, 0.25) is 5.02 Å². The van der Waals surface area contributed by atoms with Gasteiger partial charge in [-0.25, -0.2) is 0 Å². The monoisotopic (exact) mass is 494 g/mol. The lowest BCUT2D eigenvalue weighted by Crippen LogP contribution is -2.51. The predicted octanol–water partition coefficient (Wildman–Crippen LogP) is 5.66. The van der Waals surface area contributed by atoms with Gasteiger partial charge >= 0.3 is 0 Å². The van der Waals surface area contributed by atoms with E-state index in [0.717, 1.165) is 16.9 Å². The summed E-state index contributed by atoms with van der Waals surface area (Å²) in [6.45, 7) is 4.77. The Bertz CT molecular complexity index is 1090. The maximum Gasteiger partial charge on any atom is 0.243 e. The van der Waals surface area contributed by atoms with E-state index in [2.05, 4.69) is 30.4 Å². The van der Waals surface area contributed by atoms with E-state index in [4.69, 9.17) is 11.6 Å². The number of nitrogens with one attached hydrogen (secondary N) is 1. The molecule has 1 atom stereocenters. The van der Waals surface area contributed by atoms with Crippen LogP contribution in [0.3, 0.4) is 0 Å². The number of hydrogen-bond acceptors (Lipinski definition) is 3. The van der Waals surface area contributed by atoms with Crippen LogP contribution < -0.4 is 5.32 Å². The van der Waals surface area contributed by atoms with Crippen molar-refractivity contribution in [1.29, 1.82) is 0 Å². The van der Waals surface area contributed by atoms with Gasteiger partial charge in [-0.3, -0.25) is 9.59 Å². The zero-order valence-corrected chi connectivity index (χ0v) is 21.2. The lowest BCUT2D eigenvalue weighted by Gasteiger charge is -2.31. The molecule has 0 aliphatic rings. The number of hydrogen-bond donors (Lipinski definition) is 1. The summed E-state index contributed by atoms with van der Waals surface area (Å²) in [5.74, 6) is 0.817. The first-order valence-electron chi connectivity index (χ1n) is 11.4. The van der Waals surface area contributed by atoms with Gasteiger partial charge in [0.05, 0.1) is 5.75 Å². The molecular weight excluding hydrogens is 464 g/mol. The zero-order valence-electron chi connectivity index (χ0n) is 19.7. The molecule has 3 rings (SSSR count). The van der Waals surface area contributed by atoms with Gasteiger partial charge in [-0.15, -0.1) is 11.8 Å². The van der Waals surface area contributed by atoms with E-state index in [1.807, 2.05) is 61.5 Å². The number of benzene rings is 3. The van der Waals surface area contributed by atoms with Crippen LogP contribution in [0.15, 0.2) is 78.9 Å². The second kappa shape index (κ2) is 13.2. The molecule has 0 aromatic heterocycles. The molecule has 178 valence electrons. The molecule has 0 bridgehead atoms. The Labute approximate surface area is 211 Å². The van der Waals surface area contributed by atoms with Crippen LogP contribution in [0.5, 0.6) is 0 Å². The van der Waals surface area contributed by atoms with E-state index < -0.39 is 6.04 Å². The van der Waals surface area contributed by atoms with Gasteiger partial charge in [0.2, 0.25) is 11.8 Å². The highest BCUT2D eigenvalue weighted by molar-refractivity contribution is 7.99. The molecule has 6 heteroatoms. The maximum atomic E-state index is 13.5. The molecule has 0 saturated carbocycles. The molecule has 0 aliphatic carbocycles. The Morgan fingerprint density at radius 1 is 0.941 bits per heavy atom. The first kappa shape index (κ1) is 25.9. The summed E-state index contributed by atoms with van der Waals surface area (Å²) in [6, 6.07) is 25.0. The minimum Gasteiger partial charge on any atom is -0.355 e. The Morgan fingerprint density at radius 3 is 2.35 bits per heavy atom. The molecular formula is C28H31ClN2O2S. The minimum atomic E-state index is -0.617. The van der Waals surface area contributed by atoms with Crippen LogP contribution in [-0.4, -0.2) is 35.1 Å². The summed E-state index contributed by atoms with van der Waals surface area (Å²) in [7, 11) is 0. The van der Waals surface area contributed by atoms with Gasteiger partial charge in [-0.2, -0.15) is 0 Å². The summed E-state index contributed by atoms with van der Waals surface area (Å²) in [4.78, 5) is 28.4. The highest BCUT2D eigenvalue weighted by atomic mass is 35.5. The van der Waals surface area contributed by atoms with Gasteiger partial charge in [0, 0.05) is 30.3 Å². The third kappa shape index (κ3) is 7.93. The standard InChI is InChI=1S/C28H31ClN2O2S/c1-3-30-28(33)26(17-22-10-5-4-6-11-22)31(18-23-12-8-14-25(29)16-23)27(32)20-34-19-24-13-7-9-21(2)15-24/h4-16,26H,3,17-20H2,1-2H3,(H,30,33)/t26-/m0/s1. The fraction of sp³-hybridized carbons (Fsp3) is 0.286. The van der Waals surface area contributed by atoms with Crippen molar-refractivity contribution in [2.75, 3.05) is 12.3 Å². The van der Waals surface area contributed by atoms with Crippen LogP contribution >= 0.6 is 23.4 Å². The molecule has 0 radical (unpaired) electrons. The molecule has 3 aromatic carbocycles. The van der Waals surface area contributed by atoms with Crippen molar-refractivity contribution < 1.29 is 9.59 Å². The Morgan fingerprint density at radius 2 is 1.65 bits per heavy atom. The van der Waals surface area contributed by atoms with Crippen molar-refractivity contribution in [2.45, 2.75) is 38.6 Å². The fourth-order valence-electron chi connectivity index (χ4n) is 3.82. The van der Waals surface area contributed by atoms with Gasteiger partial charge in [0.25, 0.3) is 0 Å². The van der Waals surface area contributed by atoms with Gasteiger partial charge in [0.1, 0.15) is 6.04 Å². The van der Waals surface area contributed by atoms with Crippen LogP contribution in [-0.2, 0) is 28.3 Å². The van der Waals surface area contributed by atoms with E-state index >= 15 is 0 Å². The molecule has 4 nitrogen and oxygen atoms in total. The quantitative estimate of drug-likeness (QED) is 0.374. The molecule has 0 unspecified atom stereocenters. The van der Waals surface area contributed by atoms with Crippen LogP contribution in [0, 0.1) is 6.92 Å². The number of halogens is 1. The lowest BCUT2D eigenvalue weighted by atomic mass is 10.0. The van der Waals surface area contributed by atoms with Gasteiger partial charge in [-0.1, -0.05) is 83.9 Å². The molecule has 1 N–H and O–H groups in total. The van der Waals surface area contributed by atoms with Crippen molar-refractivity contribution in [2.24, 2.45) is 0 Å². The highest BCUT2D eigenvalue weighted by Gasteiger charge is 2.30. The van der Waals surface area contributed by atoms with E-state index in [1.165, 1.54) is 11.1 Å². The Balaban J connectivity index is 1.82. The average molecular weight is 495 g/mol. The predicted molar refractivity (Wildman–Crippen MR) is 142 cm³/mol. The van der Waals surface area contributed by atoms with Crippen molar-refractivity contribution in [1.82, 2.24) is 10.2 Å². The summed E-state index contributed by atoms with van der Waals surface area (Å²) in [5.41, 5.74) is 4.29. The number of nitrogens with zero attached hydrogens (tertiary/aromatic N) is 1. The first-order valence-corrected chi connectivity index (χ1v) is 13.0. The first-order chi connectivity index (χ1) is 16.5. The van der Waals surface area contributed by atoms with E-state index in [1.54, 1.807) is 22.7 Å². The van der Waals surface area contributed by atoms with Gasteiger partial charge in [0.15, 0.2) is 0 Å². The smallest absolute Gasteiger partial charge is 0.243 e. The summed E-state index contributed by atoms with van der Waals surface area (Å²) < 4.78 is 0. The lowest BCUT2D eigenvalue weighted by molar-refractivity contribution is -0.139. The normalized spacial score (nSPS) is 11.6. The van der Waals surface area contributed by atoms with E-state index in [-0.39, 0.29) is 11.8 Å². The van der Waals surface area contributed by atoms with Crippen molar-refractivity contribution in [3.8, 4) is 0 Å². The number of aryl methyl sites for hydroxylation is 1. The largest absolute Gasteiger partial charge is 0.355 e. The van der Waals surface area contributed by atoms with Crippen LogP contribution in [0.1, 0.15) is 29.2 Å². The van der Waals surface area contributed by atoms with Gasteiger partial charge in [-0.05, 0) is 42.7 Å². The maximum absolute atomic E-state index is 13.5. The molecule has 0 aliphatic heterocycles. The van der Waals surface area contributed by atoms with Gasteiger partial charge < -0.3 is 10.2 Å². The third-order valence-electron chi connectivity index (χ3n) is 5.44. The SMILES string of the molecule is CCNC(=O)[C@H](Cc1ccccc1)N(Cc1cccc(Cl)c1)C(=O)CSCc1cccc(C)c1.